The van der Waals surface area contributed by atoms with Gasteiger partial charge in [-0.3, -0.25) is 4.99 Å². The zero-order chi connectivity index (χ0) is 23.0. The topological polar surface area (TPSA) is 77.7 Å². The minimum Gasteiger partial charge on any atom is -0.545 e. The predicted octanol–water partition coefficient (Wildman–Crippen LogP) is 4.85. The van der Waals surface area contributed by atoms with Crippen LogP contribution in [-0.2, 0) is 0 Å². The molecule has 2 aliphatic rings. The number of carbonyl (C=O) groups is 1. The van der Waals surface area contributed by atoms with Crippen LogP contribution in [0.25, 0.3) is 33.4 Å². The third kappa shape index (κ3) is 3.75. The Balaban J connectivity index is 2.21. The molecule has 5 nitrogen and oxygen atoms in total. The fourth-order valence-corrected chi connectivity index (χ4v) is 4.25. The van der Waals surface area contributed by atoms with Crippen LogP contribution in [-0.4, -0.2) is 19.1 Å². The molecule has 2 aromatic carbocycles. The van der Waals surface area contributed by atoms with Crippen molar-refractivity contribution in [2.24, 2.45) is 4.99 Å². The first-order chi connectivity index (χ1) is 15.3. The smallest absolute Gasteiger partial charge is 0.137 e. The molecule has 32 heavy (non-hydrogen) atoms. The molecule has 0 spiro atoms. The third-order valence-electron chi connectivity index (χ3n) is 5.74. The van der Waals surface area contributed by atoms with E-state index in [1.807, 2.05) is 65.0 Å². The van der Waals surface area contributed by atoms with E-state index in [1.54, 1.807) is 6.07 Å². The zero-order valence-electron chi connectivity index (χ0n) is 19.1. The molecule has 164 valence electrons. The van der Waals surface area contributed by atoms with Gasteiger partial charge in [-0.05, 0) is 69.5 Å². The van der Waals surface area contributed by atoms with Crippen molar-refractivity contribution in [2.75, 3.05) is 18.4 Å². The number of anilines is 1. The first-order valence-electron chi connectivity index (χ1n) is 10.9. The van der Waals surface area contributed by atoms with Crippen molar-refractivity contribution in [1.82, 2.24) is 0 Å². The first-order valence-corrected chi connectivity index (χ1v) is 10.9. The second-order valence-corrected chi connectivity index (χ2v) is 8.12. The minimum absolute atomic E-state index is 0.173. The molecule has 1 heterocycles. The van der Waals surface area contributed by atoms with Crippen molar-refractivity contribution in [1.29, 1.82) is 0 Å². The van der Waals surface area contributed by atoms with Gasteiger partial charge >= 0.3 is 0 Å². The molecule has 2 aromatic rings. The summed E-state index contributed by atoms with van der Waals surface area (Å²) < 4.78 is 6.35. The molecule has 0 amide bonds. The van der Waals surface area contributed by atoms with E-state index in [0.717, 1.165) is 50.8 Å². The number of fused-ring (bicyclic) bond motifs is 2. The summed E-state index contributed by atoms with van der Waals surface area (Å²) in [5.74, 6) is -0.525. The van der Waals surface area contributed by atoms with Gasteiger partial charge in [-0.1, -0.05) is 17.7 Å². The summed E-state index contributed by atoms with van der Waals surface area (Å²) in [6.45, 7) is 11.4. The highest BCUT2D eigenvalue weighted by atomic mass is 16.4. The van der Waals surface area contributed by atoms with Gasteiger partial charge in [-0.25, -0.2) is 0 Å². The molecule has 0 fully saturated rings. The van der Waals surface area contributed by atoms with Gasteiger partial charge in [0.15, 0.2) is 0 Å². The van der Waals surface area contributed by atoms with Gasteiger partial charge in [0.25, 0.3) is 0 Å². The maximum atomic E-state index is 12.1. The Morgan fingerprint density at radius 1 is 1.00 bits per heavy atom. The Kier molecular flexibility index (Phi) is 5.74. The molecular formula is C27H27N2O3-. The minimum atomic E-state index is -1.19. The number of rotatable bonds is 5. The molecule has 4 rings (SSSR count). The highest BCUT2D eigenvalue weighted by Gasteiger charge is 2.21. The lowest BCUT2D eigenvalue weighted by Crippen LogP contribution is -2.23. The van der Waals surface area contributed by atoms with Gasteiger partial charge in [0, 0.05) is 53.0 Å². The molecule has 1 aliphatic carbocycles. The van der Waals surface area contributed by atoms with Gasteiger partial charge in [-0.2, -0.15) is 0 Å². The van der Waals surface area contributed by atoms with E-state index in [0.29, 0.717) is 23.5 Å². The number of aromatic carboxylic acids is 1. The maximum Gasteiger partial charge on any atom is 0.137 e. The first kappa shape index (κ1) is 21.6. The Bertz CT molecular complexity index is 1380. The summed E-state index contributed by atoms with van der Waals surface area (Å²) in [6.07, 6.45) is 0. The largest absolute Gasteiger partial charge is 0.545 e. The van der Waals surface area contributed by atoms with Crippen LogP contribution in [0.3, 0.4) is 0 Å². The fourth-order valence-electron chi connectivity index (χ4n) is 4.25. The SMILES string of the molecule is CCN=c1cc2oc3cc(NCC)c(C)cc3c(-c3ccc(C)cc3C(=O)[O-])c-2cc1C. The molecule has 0 saturated carbocycles. The third-order valence-corrected chi connectivity index (χ3v) is 5.74. The van der Waals surface area contributed by atoms with Crippen LogP contribution in [0.2, 0.25) is 0 Å². The number of carbonyl (C=O) groups excluding carboxylic acids is 1. The summed E-state index contributed by atoms with van der Waals surface area (Å²) in [5.41, 5.74) is 7.10. The molecule has 1 aliphatic heterocycles. The number of nitrogens with one attached hydrogen (secondary N) is 1. The van der Waals surface area contributed by atoms with Gasteiger partial charge in [0.2, 0.25) is 0 Å². The number of carboxylic acid groups (broad SMARTS) is 1. The number of nitrogens with zero attached hydrogens (tertiary/aromatic N) is 1. The van der Waals surface area contributed by atoms with Crippen LogP contribution in [0.15, 0.2) is 51.9 Å². The van der Waals surface area contributed by atoms with Crippen LogP contribution < -0.4 is 15.8 Å². The van der Waals surface area contributed by atoms with Crippen molar-refractivity contribution in [2.45, 2.75) is 34.6 Å². The quantitative estimate of drug-likeness (QED) is 0.462. The number of carboxylic acids is 1. The summed E-state index contributed by atoms with van der Waals surface area (Å²) in [7, 11) is 0. The van der Waals surface area contributed by atoms with E-state index in [2.05, 4.69) is 16.4 Å². The number of benzene rings is 3. The Hall–Kier alpha value is -3.60. The van der Waals surface area contributed by atoms with Gasteiger partial charge < -0.3 is 19.6 Å². The lowest BCUT2D eigenvalue weighted by Gasteiger charge is -2.20. The summed E-state index contributed by atoms with van der Waals surface area (Å²) in [4.78, 5) is 16.7. The van der Waals surface area contributed by atoms with E-state index in [9.17, 15) is 9.90 Å². The van der Waals surface area contributed by atoms with Gasteiger partial charge in [0.05, 0.1) is 11.3 Å². The average molecular weight is 428 g/mol. The molecule has 0 saturated heterocycles. The van der Waals surface area contributed by atoms with Crippen molar-refractivity contribution >= 4 is 22.6 Å². The molecule has 0 bridgehead atoms. The average Bonchev–Trinajstić information content (AvgIpc) is 2.74. The lowest BCUT2D eigenvalue weighted by molar-refractivity contribution is -0.254. The van der Waals surface area contributed by atoms with Crippen molar-refractivity contribution in [3.63, 3.8) is 0 Å². The van der Waals surface area contributed by atoms with Crippen LogP contribution in [0.4, 0.5) is 5.69 Å². The monoisotopic (exact) mass is 427 g/mol. The standard InChI is InChI=1S/C27H28N2O3/c1-6-28-22-13-24-20(11-16(22)4)26(18-9-8-15(3)10-19(18)27(30)31)21-12-17(5)23(29-7-2)14-25(21)32-24/h8-14,28H,6-7H2,1-5H3,(H,30,31)/p-1. The van der Waals surface area contributed by atoms with E-state index >= 15 is 0 Å². The summed E-state index contributed by atoms with van der Waals surface area (Å²) in [6, 6.07) is 13.5. The summed E-state index contributed by atoms with van der Waals surface area (Å²) >= 11 is 0. The second kappa shape index (κ2) is 8.50. The normalized spacial score (nSPS) is 12.0. The van der Waals surface area contributed by atoms with Crippen molar-refractivity contribution in [3.8, 4) is 22.5 Å². The summed E-state index contributed by atoms with van der Waals surface area (Å²) in [5, 5.41) is 17.2. The molecule has 1 N–H and O–H groups in total. The zero-order valence-corrected chi connectivity index (χ0v) is 19.1. The highest BCUT2D eigenvalue weighted by Crippen LogP contribution is 2.42. The molecule has 0 atom stereocenters. The molecule has 0 aromatic heterocycles. The van der Waals surface area contributed by atoms with Gasteiger partial charge in [-0.15, -0.1) is 0 Å². The van der Waals surface area contributed by atoms with Gasteiger partial charge in [0.1, 0.15) is 11.3 Å². The molecular weight excluding hydrogens is 400 g/mol. The Morgan fingerprint density at radius 3 is 2.47 bits per heavy atom. The molecule has 0 radical (unpaired) electrons. The van der Waals surface area contributed by atoms with Crippen molar-refractivity contribution < 1.29 is 14.3 Å². The van der Waals surface area contributed by atoms with Crippen molar-refractivity contribution in [3.05, 3.63) is 70.1 Å². The fraction of sp³-hybridized carbons (Fsp3) is 0.259. The van der Waals surface area contributed by atoms with E-state index in [4.69, 9.17) is 4.42 Å². The number of hydrogen-bond donors (Lipinski definition) is 1. The van der Waals surface area contributed by atoms with E-state index in [1.165, 1.54) is 0 Å². The van der Waals surface area contributed by atoms with Crippen LogP contribution in [0, 0.1) is 20.8 Å². The highest BCUT2D eigenvalue weighted by molar-refractivity contribution is 6.08. The maximum absolute atomic E-state index is 12.1. The van der Waals surface area contributed by atoms with E-state index in [-0.39, 0.29) is 5.56 Å². The Labute approximate surface area is 187 Å². The predicted molar refractivity (Wildman–Crippen MR) is 127 cm³/mol. The van der Waals surface area contributed by atoms with Crippen LogP contribution in [0.1, 0.15) is 40.9 Å². The number of aryl methyl sites for hydroxylation is 3. The number of hydrogen-bond acceptors (Lipinski definition) is 5. The lowest BCUT2D eigenvalue weighted by atomic mass is 9.88. The molecule has 5 heteroatoms. The van der Waals surface area contributed by atoms with E-state index < -0.39 is 5.97 Å². The molecule has 0 unspecified atom stereocenters. The Morgan fingerprint density at radius 2 is 1.78 bits per heavy atom. The second-order valence-electron chi connectivity index (χ2n) is 8.12. The van der Waals surface area contributed by atoms with Crippen LogP contribution >= 0.6 is 0 Å². The van der Waals surface area contributed by atoms with Crippen LogP contribution in [0.5, 0.6) is 0 Å².